The molecule has 1 heterocycles. The number of sulfonamides is 1. The van der Waals surface area contributed by atoms with Crippen LogP contribution in [0, 0.1) is 0 Å². The minimum Gasteiger partial charge on any atom is -0.354 e. The molecule has 0 saturated carbocycles. The first kappa shape index (κ1) is 19.5. The van der Waals surface area contributed by atoms with E-state index in [0.29, 0.717) is 23.5 Å². The average molecular weight is 425 g/mol. The van der Waals surface area contributed by atoms with Crippen LogP contribution >= 0.6 is 11.8 Å². The number of hydrogen-bond acceptors (Lipinski definition) is 4. The van der Waals surface area contributed by atoms with Gasteiger partial charge in [0.1, 0.15) is 6.54 Å². The van der Waals surface area contributed by atoms with Gasteiger partial charge in [0.2, 0.25) is 5.91 Å². The molecule has 0 aromatic heterocycles. The van der Waals surface area contributed by atoms with Crippen LogP contribution in [0.3, 0.4) is 0 Å². The van der Waals surface area contributed by atoms with Crippen molar-refractivity contribution in [2.45, 2.75) is 9.79 Å². The third kappa shape index (κ3) is 4.02. The Balaban J connectivity index is 1.47. The van der Waals surface area contributed by atoms with Crippen molar-refractivity contribution in [1.82, 2.24) is 5.32 Å². The van der Waals surface area contributed by atoms with E-state index in [1.165, 1.54) is 4.31 Å². The van der Waals surface area contributed by atoms with Gasteiger partial charge >= 0.3 is 0 Å². The second-order valence-electron chi connectivity index (χ2n) is 6.54. The van der Waals surface area contributed by atoms with Crippen LogP contribution in [0.5, 0.6) is 0 Å². The van der Waals surface area contributed by atoms with Gasteiger partial charge in [0.15, 0.2) is 0 Å². The van der Waals surface area contributed by atoms with Gasteiger partial charge in [-0.15, -0.1) is 11.8 Å². The highest BCUT2D eigenvalue weighted by atomic mass is 32.2. The molecule has 0 aliphatic carbocycles. The van der Waals surface area contributed by atoms with Crippen LogP contribution in [0.1, 0.15) is 0 Å². The predicted octanol–water partition coefficient (Wildman–Crippen LogP) is 3.77. The lowest BCUT2D eigenvalue weighted by molar-refractivity contribution is -0.119. The van der Waals surface area contributed by atoms with E-state index in [1.54, 1.807) is 42.1 Å². The molecule has 0 unspecified atom stereocenters. The van der Waals surface area contributed by atoms with E-state index >= 15 is 0 Å². The molecule has 29 heavy (non-hydrogen) atoms. The Morgan fingerprint density at radius 2 is 1.52 bits per heavy atom. The Morgan fingerprint density at radius 3 is 2.31 bits per heavy atom. The molecular weight excluding hydrogens is 404 g/mol. The lowest BCUT2D eigenvalue weighted by Crippen LogP contribution is -2.43. The number of thioether (sulfide) groups is 1. The summed E-state index contributed by atoms with van der Waals surface area (Å²) in [6.45, 7) is 0.216. The molecule has 3 aromatic carbocycles. The van der Waals surface area contributed by atoms with Gasteiger partial charge in [-0.25, -0.2) is 8.42 Å². The smallest absolute Gasteiger partial charge is 0.265 e. The van der Waals surface area contributed by atoms with Crippen LogP contribution in [-0.4, -0.2) is 33.2 Å². The van der Waals surface area contributed by atoms with Crippen LogP contribution in [0.2, 0.25) is 0 Å². The summed E-state index contributed by atoms with van der Waals surface area (Å²) >= 11 is 1.64. The third-order valence-corrected chi connectivity index (χ3v) is 7.47. The van der Waals surface area contributed by atoms with Crippen molar-refractivity contribution in [3.63, 3.8) is 0 Å². The van der Waals surface area contributed by atoms with Gasteiger partial charge in [-0.3, -0.25) is 9.10 Å². The van der Waals surface area contributed by atoms with Gasteiger partial charge in [0.25, 0.3) is 10.0 Å². The summed E-state index contributed by atoms with van der Waals surface area (Å²) in [5.41, 5.74) is 2.00. The standard InChI is InChI=1S/C22H20N2O3S2/c25-22(23-14-15-28-17-8-2-1-3-9-17)16-24-20-12-6-4-10-18(20)19-11-5-7-13-21(19)29(24,26)27/h1-13H,14-16H2,(H,23,25). The maximum atomic E-state index is 13.2. The first-order chi connectivity index (χ1) is 14.1. The molecule has 0 spiro atoms. The van der Waals surface area contributed by atoms with Crippen LogP contribution in [0.25, 0.3) is 11.1 Å². The number of carbonyl (C=O) groups is 1. The van der Waals surface area contributed by atoms with E-state index in [0.717, 1.165) is 10.5 Å². The average Bonchev–Trinajstić information content (AvgIpc) is 2.75. The van der Waals surface area contributed by atoms with E-state index in [2.05, 4.69) is 5.32 Å². The Hall–Kier alpha value is -2.77. The number of fused-ring (bicyclic) bond motifs is 3. The number of nitrogens with one attached hydrogen (secondary N) is 1. The second kappa shape index (κ2) is 8.31. The molecule has 4 rings (SSSR count). The van der Waals surface area contributed by atoms with Crippen LogP contribution in [0.15, 0.2) is 88.7 Å². The van der Waals surface area contributed by atoms with Gasteiger partial charge in [-0.2, -0.15) is 0 Å². The Morgan fingerprint density at radius 1 is 0.862 bits per heavy atom. The first-order valence-electron chi connectivity index (χ1n) is 9.23. The lowest BCUT2D eigenvalue weighted by atomic mass is 10.0. The quantitative estimate of drug-likeness (QED) is 0.483. The second-order valence-corrected chi connectivity index (χ2v) is 9.54. The van der Waals surface area contributed by atoms with E-state index in [-0.39, 0.29) is 17.3 Å². The van der Waals surface area contributed by atoms with Crippen LogP contribution in [-0.2, 0) is 14.8 Å². The number of rotatable bonds is 6. The summed E-state index contributed by atoms with van der Waals surface area (Å²) in [5, 5.41) is 2.83. The van der Waals surface area contributed by atoms with E-state index in [1.807, 2.05) is 48.5 Å². The third-order valence-electron chi connectivity index (χ3n) is 4.64. The van der Waals surface area contributed by atoms with Crippen molar-refractivity contribution in [3.05, 3.63) is 78.9 Å². The molecule has 1 N–H and O–H groups in total. The molecule has 1 aliphatic heterocycles. The van der Waals surface area contributed by atoms with E-state index in [4.69, 9.17) is 0 Å². The molecule has 3 aromatic rings. The number of hydrogen-bond donors (Lipinski definition) is 1. The Labute approximate surface area is 174 Å². The maximum Gasteiger partial charge on any atom is 0.265 e. The zero-order valence-electron chi connectivity index (χ0n) is 15.6. The summed E-state index contributed by atoms with van der Waals surface area (Å²) in [4.78, 5) is 13.9. The monoisotopic (exact) mass is 424 g/mol. The predicted molar refractivity (Wildman–Crippen MR) is 117 cm³/mol. The van der Waals surface area contributed by atoms with Gasteiger partial charge in [-0.1, -0.05) is 54.6 Å². The highest BCUT2D eigenvalue weighted by Gasteiger charge is 2.35. The SMILES string of the molecule is O=C(CN1c2ccccc2-c2ccccc2S1(=O)=O)NCCSc1ccccc1. The van der Waals surface area contributed by atoms with Crippen molar-refractivity contribution in [2.24, 2.45) is 0 Å². The van der Waals surface area contributed by atoms with Crippen molar-refractivity contribution in [3.8, 4) is 11.1 Å². The van der Waals surface area contributed by atoms with Crippen LogP contribution < -0.4 is 9.62 Å². The van der Waals surface area contributed by atoms with Crippen molar-refractivity contribution in [2.75, 3.05) is 23.1 Å². The number of benzene rings is 3. The number of nitrogens with zero attached hydrogens (tertiary/aromatic N) is 1. The molecule has 7 heteroatoms. The Kier molecular flexibility index (Phi) is 5.60. The van der Waals surface area contributed by atoms with E-state index in [9.17, 15) is 13.2 Å². The molecule has 5 nitrogen and oxygen atoms in total. The van der Waals surface area contributed by atoms with Gasteiger partial charge in [0, 0.05) is 28.3 Å². The molecule has 1 amide bonds. The van der Waals surface area contributed by atoms with Gasteiger partial charge in [-0.05, 0) is 24.3 Å². The zero-order valence-corrected chi connectivity index (χ0v) is 17.2. The molecule has 0 fully saturated rings. The minimum atomic E-state index is -3.80. The van der Waals surface area contributed by atoms with Crippen molar-refractivity contribution >= 4 is 33.4 Å². The molecule has 0 saturated heterocycles. The fraction of sp³-hybridized carbons (Fsp3) is 0.136. The molecule has 0 bridgehead atoms. The number of para-hydroxylation sites is 1. The lowest BCUT2D eigenvalue weighted by Gasteiger charge is -2.31. The minimum absolute atomic E-state index is 0.228. The van der Waals surface area contributed by atoms with Crippen molar-refractivity contribution < 1.29 is 13.2 Å². The normalized spacial score (nSPS) is 14.0. The van der Waals surface area contributed by atoms with Crippen molar-refractivity contribution in [1.29, 1.82) is 0 Å². The molecule has 1 aliphatic rings. The number of carbonyl (C=O) groups excluding carboxylic acids is 1. The summed E-state index contributed by atoms with van der Waals surface area (Å²) in [6.07, 6.45) is 0. The Bertz CT molecular complexity index is 1130. The largest absolute Gasteiger partial charge is 0.354 e. The zero-order chi connectivity index (χ0) is 20.3. The summed E-state index contributed by atoms with van der Waals surface area (Å²) < 4.78 is 27.5. The number of amides is 1. The summed E-state index contributed by atoms with van der Waals surface area (Å²) in [5.74, 6) is 0.387. The van der Waals surface area contributed by atoms with Gasteiger partial charge in [0.05, 0.1) is 10.6 Å². The highest BCUT2D eigenvalue weighted by Crippen LogP contribution is 2.42. The highest BCUT2D eigenvalue weighted by molar-refractivity contribution is 7.99. The first-order valence-corrected chi connectivity index (χ1v) is 11.7. The fourth-order valence-electron chi connectivity index (χ4n) is 3.31. The topological polar surface area (TPSA) is 66.5 Å². The van der Waals surface area contributed by atoms with E-state index < -0.39 is 10.0 Å². The summed E-state index contributed by atoms with van der Waals surface area (Å²) in [7, 11) is -3.80. The molecular formula is C22H20N2O3S2. The number of anilines is 1. The van der Waals surface area contributed by atoms with Gasteiger partial charge < -0.3 is 5.32 Å². The molecule has 148 valence electrons. The fourth-order valence-corrected chi connectivity index (χ4v) is 5.75. The summed E-state index contributed by atoms with van der Waals surface area (Å²) in [6, 6.07) is 24.1. The maximum absolute atomic E-state index is 13.2. The molecule has 0 radical (unpaired) electrons. The van der Waals surface area contributed by atoms with Crippen LogP contribution in [0.4, 0.5) is 5.69 Å². The molecule has 0 atom stereocenters.